The highest BCUT2D eigenvalue weighted by molar-refractivity contribution is 6.22. The number of fused-ring (bicyclic) bond motifs is 2. The Kier molecular flexibility index (Phi) is 5.33. The maximum atomic E-state index is 11.9. The molecule has 8 nitrogen and oxygen atoms in total. The van der Waals surface area contributed by atoms with Gasteiger partial charge in [-0.1, -0.05) is 36.4 Å². The number of carbonyl (C=O) groups is 1. The van der Waals surface area contributed by atoms with Crippen molar-refractivity contribution in [2.24, 2.45) is 4.99 Å². The van der Waals surface area contributed by atoms with Crippen LogP contribution in [0.4, 0.5) is 11.4 Å². The number of hydrogen-bond acceptors (Lipinski definition) is 5. The topological polar surface area (TPSA) is 112 Å². The lowest BCUT2D eigenvalue weighted by Gasteiger charge is -2.28. The molecule has 34 heavy (non-hydrogen) atoms. The first-order chi connectivity index (χ1) is 16.4. The van der Waals surface area contributed by atoms with E-state index in [0.717, 1.165) is 17.5 Å². The molecular weight excluding hydrogens is 432 g/mol. The van der Waals surface area contributed by atoms with Gasteiger partial charge in [-0.25, -0.2) is 4.99 Å². The summed E-state index contributed by atoms with van der Waals surface area (Å²) in [5.74, 6) is -0.0753. The minimum atomic E-state index is -0.461. The lowest BCUT2D eigenvalue weighted by molar-refractivity contribution is -0.384. The van der Waals surface area contributed by atoms with Crippen LogP contribution in [0.2, 0.25) is 0 Å². The first-order valence-electron chi connectivity index (χ1n) is 10.9. The molecule has 3 aromatic carbocycles. The van der Waals surface area contributed by atoms with Gasteiger partial charge in [0.25, 0.3) is 5.69 Å². The Bertz CT molecular complexity index is 1460. The number of nitrogens with one attached hydrogen (secondary N) is 1. The maximum absolute atomic E-state index is 11.9. The summed E-state index contributed by atoms with van der Waals surface area (Å²) in [7, 11) is 0. The average molecular weight is 454 g/mol. The molecule has 8 heteroatoms. The molecule has 170 valence electrons. The molecule has 0 fully saturated rings. The number of nitro groups is 1. The molecule has 0 saturated heterocycles. The molecule has 1 aliphatic heterocycles. The zero-order valence-electron chi connectivity index (χ0n) is 18.5. The third kappa shape index (κ3) is 3.90. The van der Waals surface area contributed by atoms with Gasteiger partial charge in [0.05, 0.1) is 21.9 Å². The highest BCUT2D eigenvalue weighted by Crippen LogP contribution is 2.34. The SMILES string of the molecule is CC(=O)N1CCc2ccc(N=C(c3ccccc3)c3c(O)[nH]c4ccc([N+](=O)[O-])cc34)cc2C1. The van der Waals surface area contributed by atoms with E-state index in [4.69, 9.17) is 4.99 Å². The maximum Gasteiger partial charge on any atom is 0.270 e. The van der Waals surface area contributed by atoms with E-state index in [0.29, 0.717) is 41.0 Å². The molecule has 2 heterocycles. The number of aromatic nitrogens is 1. The number of nitro benzene ring substituents is 1. The molecule has 0 bridgehead atoms. The van der Waals surface area contributed by atoms with E-state index >= 15 is 0 Å². The Labute approximate surface area is 195 Å². The lowest BCUT2D eigenvalue weighted by atomic mass is 9.98. The Balaban J connectivity index is 1.68. The second-order valence-corrected chi connectivity index (χ2v) is 8.31. The second kappa shape index (κ2) is 8.47. The van der Waals surface area contributed by atoms with Gasteiger partial charge in [-0.15, -0.1) is 0 Å². The number of nitrogens with zero attached hydrogens (tertiary/aromatic N) is 3. The summed E-state index contributed by atoms with van der Waals surface area (Å²) in [4.78, 5) is 32.4. The van der Waals surface area contributed by atoms with Crippen molar-refractivity contribution in [3.63, 3.8) is 0 Å². The Morgan fingerprint density at radius 2 is 1.88 bits per heavy atom. The van der Waals surface area contributed by atoms with Crippen molar-refractivity contribution < 1.29 is 14.8 Å². The van der Waals surface area contributed by atoms with Crippen LogP contribution in [0.1, 0.15) is 29.2 Å². The summed E-state index contributed by atoms with van der Waals surface area (Å²) in [6.07, 6.45) is 0.789. The predicted octanol–water partition coefficient (Wildman–Crippen LogP) is 4.86. The van der Waals surface area contributed by atoms with Gasteiger partial charge >= 0.3 is 0 Å². The third-order valence-electron chi connectivity index (χ3n) is 6.15. The summed E-state index contributed by atoms with van der Waals surface area (Å²) in [6, 6.07) is 19.7. The molecule has 0 saturated carbocycles. The number of aromatic hydroxyl groups is 1. The van der Waals surface area contributed by atoms with E-state index in [1.165, 1.54) is 17.7 Å². The third-order valence-corrected chi connectivity index (χ3v) is 6.15. The van der Waals surface area contributed by atoms with E-state index in [1.54, 1.807) is 17.9 Å². The van der Waals surface area contributed by atoms with Gasteiger partial charge in [0.1, 0.15) is 0 Å². The van der Waals surface area contributed by atoms with E-state index < -0.39 is 4.92 Å². The van der Waals surface area contributed by atoms with E-state index in [2.05, 4.69) is 4.98 Å². The molecule has 4 aromatic rings. The number of non-ortho nitro benzene ring substituents is 1. The molecule has 0 unspecified atom stereocenters. The molecule has 0 radical (unpaired) electrons. The zero-order chi connectivity index (χ0) is 23.8. The molecule has 5 rings (SSSR count). The van der Waals surface area contributed by atoms with Crippen LogP contribution >= 0.6 is 0 Å². The van der Waals surface area contributed by atoms with Gasteiger partial charge in [0.15, 0.2) is 5.88 Å². The number of hydrogen-bond donors (Lipinski definition) is 2. The normalized spacial score (nSPS) is 13.7. The monoisotopic (exact) mass is 454 g/mol. The number of benzene rings is 3. The Morgan fingerprint density at radius 1 is 1.09 bits per heavy atom. The minimum absolute atomic E-state index is 0.0369. The van der Waals surface area contributed by atoms with Crippen molar-refractivity contribution >= 4 is 33.9 Å². The fourth-order valence-electron chi connectivity index (χ4n) is 4.39. The van der Waals surface area contributed by atoms with Crippen molar-refractivity contribution in [1.29, 1.82) is 0 Å². The number of amides is 1. The number of aromatic amines is 1. The van der Waals surface area contributed by atoms with Crippen LogP contribution in [0, 0.1) is 10.1 Å². The van der Waals surface area contributed by atoms with Crippen LogP contribution < -0.4 is 0 Å². The predicted molar refractivity (Wildman–Crippen MR) is 130 cm³/mol. The van der Waals surface area contributed by atoms with Crippen LogP contribution in [0.3, 0.4) is 0 Å². The number of H-pyrrole nitrogens is 1. The van der Waals surface area contributed by atoms with Gasteiger partial charge in [-0.2, -0.15) is 0 Å². The second-order valence-electron chi connectivity index (χ2n) is 8.31. The van der Waals surface area contributed by atoms with Gasteiger partial charge < -0.3 is 15.0 Å². The smallest absolute Gasteiger partial charge is 0.270 e. The Hall–Kier alpha value is -4.46. The quantitative estimate of drug-likeness (QED) is 0.261. The molecule has 2 N–H and O–H groups in total. The highest BCUT2D eigenvalue weighted by atomic mass is 16.6. The van der Waals surface area contributed by atoms with Crippen LogP contribution in [-0.4, -0.2) is 38.1 Å². The van der Waals surface area contributed by atoms with Gasteiger partial charge in [-0.05, 0) is 35.7 Å². The van der Waals surface area contributed by atoms with Crippen molar-refractivity contribution in [2.45, 2.75) is 19.9 Å². The number of aliphatic imine (C=N–C) groups is 1. The first-order valence-corrected chi connectivity index (χ1v) is 10.9. The van der Waals surface area contributed by atoms with Crippen LogP contribution in [0.25, 0.3) is 10.9 Å². The first kappa shape index (κ1) is 21.4. The van der Waals surface area contributed by atoms with Crippen molar-refractivity contribution in [1.82, 2.24) is 9.88 Å². The van der Waals surface area contributed by atoms with Crippen LogP contribution in [-0.2, 0) is 17.8 Å². The standard InChI is InChI=1S/C26H22N4O4/c1-16(31)29-12-11-17-7-8-20(13-19(17)15-29)27-25(18-5-3-2-4-6-18)24-22-14-21(30(33)34)9-10-23(22)28-26(24)32/h2-10,13-14,28,32H,11-12,15H2,1H3. The number of carbonyl (C=O) groups excluding carboxylic acids is 1. The average Bonchev–Trinajstić information content (AvgIpc) is 3.17. The van der Waals surface area contributed by atoms with Crippen LogP contribution in [0.5, 0.6) is 5.88 Å². The van der Waals surface area contributed by atoms with Crippen molar-refractivity contribution in [2.75, 3.05) is 6.54 Å². The largest absolute Gasteiger partial charge is 0.494 e. The summed E-state index contributed by atoms with van der Waals surface area (Å²) in [5.41, 5.74) is 5.03. The summed E-state index contributed by atoms with van der Waals surface area (Å²) in [5, 5.41) is 22.7. The molecule has 1 aliphatic rings. The lowest BCUT2D eigenvalue weighted by Crippen LogP contribution is -2.34. The summed E-state index contributed by atoms with van der Waals surface area (Å²) < 4.78 is 0. The number of rotatable bonds is 4. The fourth-order valence-corrected chi connectivity index (χ4v) is 4.39. The van der Waals surface area contributed by atoms with E-state index in [9.17, 15) is 20.0 Å². The zero-order valence-corrected chi connectivity index (χ0v) is 18.5. The van der Waals surface area contributed by atoms with E-state index in [1.807, 2.05) is 48.5 Å². The van der Waals surface area contributed by atoms with E-state index in [-0.39, 0.29) is 17.5 Å². The molecular formula is C26H22N4O4. The Morgan fingerprint density at radius 3 is 2.62 bits per heavy atom. The molecule has 0 aliphatic carbocycles. The van der Waals surface area contributed by atoms with Gasteiger partial charge in [0.2, 0.25) is 5.91 Å². The van der Waals surface area contributed by atoms with Gasteiger partial charge in [-0.3, -0.25) is 14.9 Å². The highest BCUT2D eigenvalue weighted by Gasteiger charge is 2.22. The fraction of sp³-hybridized carbons (Fsp3) is 0.154. The summed E-state index contributed by atoms with van der Waals surface area (Å²) >= 11 is 0. The molecule has 0 spiro atoms. The van der Waals surface area contributed by atoms with Crippen molar-refractivity contribution in [3.8, 4) is 5.88 Å². The van der Waals surface area contributed by atoms with Crippen LogP contribution in [0.15, 0.2) is 71.7 Å². The molecule has 0 atom stereocenters. The minimum Gasteiger partial charge on any atom is -0.494 e. The van der Waals surface area contributed by atoms with Gasteiger partial charge in [0, 0.05) is 48.6 Å². The summed E-state index contributed by atoms with van der Waals surface area (Å²) in [6.45, 7) is 2.79. The molecule has 1 aromatic heterocycles. The molecule has 1 amide bonds. The van der Waals surface area contributed by atoms with Crippen molar-refractivity contribution in [3.05, 3.63) is 99.1 Å².